The Morgan fingerprint density at radius 1 is 0.490 bits per heavy atom. The third kappa shape index (κ3) is 4.64. The van der Waals surface area contributed by atoms with E-state index in [2.05, 4.69) is 191 Å². The van der Waals surface area contributed by atoms with Crippen LogP contribution in [0.5, 0.6) is 0 Å². The lowest BCUT2D eigenvalue weighted by Gasteiger charge is -2.42. The third-order valence-electron chi connectivity index (χ3n) is 12.0. The number of hydrogen-bond donors (Lipinski definition) is 0. The highest BCUT2D eigenvalue weighted by Gasteiger charge is 2.48. The maximum atomic E-state index is 6.39. The van der Waals surface area contributed by atoms with Crippen molar-refractivity contribution in [2.45, 2.75) is 63.8 Å². The van der Waals surface area contributed by atoms with Gasteiger partial charge < -0.3 is 14.5 Å². The lowest BCUT2D eigenvalue weighted by Crippen LogP contribution is -2.32. The molecule has 6 aromatic carbocycles. The standard InChI is InChI=1S/C46H38Br2N2O/c1-45(2)33-13-5-9-17-39(33)49(40-18-10-6-14-34(40)45)25-27-21-29-30-22-28(38(48)24-32(30)44-43(51-44)31(29)23-37(27)47)26-50-41-19-11-7-15-35(41)46(3,4)36-16-8-12-20-42(36)50/h5-24,43-44H,25-26H2,1-4H3. The highest BCUT2D eigenvalue weighted by Crippen LogP contribution is 2.61. The quantitative estimate of drug-likeness (QED) is 0.166. The van der Waals surface area contributed by atoms with Gasteiger partial charge in [-0.1, -0.05) is 132 Å². The molecule has 10 rings (SSSR count). The van der Waals surface area contributed by atoms with E-state index in [1.165, 1.54) is 78.4 Å². The zero-order valence-electron chi connectivity index (χ0n) is 29.2. The van der Waals surface area contributed by atoms with Crippen molar-refractivity contribution in [2.24, 2.45) is 0 Å². The Bertz CT molecular complexity index is 2160. The van der Waals surface area contributed by atoms with Gasteiger partial charge in [0.05, 0.1) is 0 Å². The van der Waals surface area contributed by atoms with E-state index in [1.54, 1.807) is 0 Å². The number of nitrogens with zero attached hydrogens (tertiary/aromatic N) is 2. The maximum Gasteiger partial charge on any atom is 0.114 e. The average molecular weight is 795 g/mol. The van der Waals surface area contributed by atoms with Crippen molar-refractivity contribution in [3.8, 4) is 11.1 Å². The Labute approximate surface area is 317 Å². The summed E-state index contributed by atoms with van der Waals surface area (Å²) in [7, 11) is 0. The molecule has 0 radical (unpaired) electrons. The number of epoxide rings is 1. The molecule has 0 aromatic heterocycles. The van der Waals surface area contributed by atoms with Crippen molar-refractivity contribution >= 4 is 54.6 Å². The molecular weight excluding hydrogens is 756 g/mol. The van der Waals surface area contributed by atoms with Crippen molar-refractivity contribution in [2.75, 3.05) is 9.80 Å². The van der Waals surface area contributed by atoms with Crippen LogP contribution in [0.1, 0.15) is 84.4 Å². The van der Waals surface area contributed by atoms with Crippen LogP contribution >= 0.6 is 31.9 Å². The minimum atomic E-state index is -0.0804. The summed E-state index contributed by atoms with van der Waals surface area (Å²) in [6.07, 6.45) is 0.187. The SMILES string of the molecule is CC1(C)c2ccccc2N(Cc2cc3c(cc2Br)C2OC2c2cc(Br)c(CN4c5ccccc5C(C)(C)c5ccccc54)cc2-3)c2ccccc21. The fraction of sp³-hybridized carbons (Fsp3) is 0.217. The molecule has 1 fully saturated rings. The van der Waals surface area contributed by atoms with Gasteiger partial charge in [-0.25, -0.2) is 0 Å². The number of ether oxygens (including phenoxy) is 1. The zero-order chi connectivity index (χ0) is 34.8. The lowest BCUT2D eigenvalue weighted by molar-refractivity contribution is 0.380. The predicted octanol–water partition coefficient (Wildman–Crippen LogP) is 13.0. The number of benzene rings is 6. The van der Waals surface area contributed by atoms with Crippen LogP contribution in [0.15, 0.2) is 130 Å². The van der Waals surface area contributed by atoms with Crippen molar-refractivity contribution in [3.63, 3.8) is 0 Å². The topological polar surface area (TPSA) is 19.0 Å². The van der Waals surface area contributed by atoms with Gasteiger partial charge in [0.25, 0.3) is 0 Å². The van der Waals surface area contributed by atoms with E-state index in [4.69, 9.17) is 4.74 Å². The van der Waals surface area contributed by atoms with E-state index < -0.39 is 0 Å². The van der Waals surface area contributed by atoms with Crippen LogP contribution in [0, 0.1) is 0 Å². The first kappa shape index (κ1) is 31.6. The van der Waals surface area contributed by atoms with Crippen LogP contribution in [0.4, 0.5) is 22.7 Å². The van der Waals surface area contributed by atoms with Crippen LogP contribution < -0.4 is 9.80 Å². The summed E-state index contributed by atoms with van der Waals surface area (Å²) < 4.78 is 8.64. The number of anilines is 4. The molecule has 0 spiro atoms. The highest BCUT2D eigenvalue weighted by atomic mass is 79.9. The number of fused-ring (bicyclic) bond motifs is 10. The fourth-order valence-corrected chi connectivity index (χ4v) is 10.2. The van der Waals surface area contributed by atoms with Crippen molar-refractivity contribution in [1.29, 1.82) is 0 Å². The summed E-state index contributed by atoms with van der Waals surface area (Å²) in [5, 5.41) is 0. The molecule has 51 heavy (non-hydrogen) atoms. The molecule has 1 saturated heterocycles. The molecule has 0 saturated carbocycles. The molecule has 5 heteroatoms. The molecule has 2 unspecified atom stereocenters. The predicted molar refractivity (Wildman–Crippen MR) is 216 cm³/mol. The van der Waals surface area contributed by atoms with Gasteiger partial charge >= 0.3 is 0 Å². The highest BCUT2D eigenvalue weighted by molar-refractivity contribution is 9.10. The van der Waals surface area contributed by atoms with E-state index in [-0.39, 0.29) is 23.0 Å². The first-order valence-electron chi connectivity index (χ1n) is 17.9. The van der Waals surface area contributed by atoms with Crippen LogP contribution in [-0.4, -0.2) is 0 Å². The van der Waals surface area contributed by atoms with Gasteiger partial charge in [-0.2, -0.15) is 0 Å². The van der Waals surface area contributed by atoms with Gasteiger partial charge in [-0.15, -0.1) is 0 Å². The molecule has 0 N–H and O–H groups in total. The molecule has 3 aliphatic heterocycles. The summed E-state index contributed by atoms with van der Waals surface area (Å²) in [4.78, 5) is 5.00. The van der Waals surface area contributed by atoms with Crippen LogP contribution in [0.2, 0.25) is 0 Å². The van der Waals surface area contributed by atoms with Gasteiger partial charge in [0.15, 0.2) is 0 Å². The zero-order valence-corrected chi connectivity index (χ0v) is 32.3. The Morgan fingerprint density at radius 2 is 0.804 bits per heavy atom. The summed E-state index contributed by atoms with van der Waals surface area (Å²) in [5.74, 6) is 0. The van der Waals surface area contributed by atoms with Gasteiger partial charge in [-0.3, -0.25) is 0 Å². The normalized spacial score (nSPS) is 19.5. The Balaban J connectivity index is 1.08. The summed E-state index contributed by atoms with van der Waals surface area (Å²) in [5.41, 5.74) is 18.0. The van der Waals surface area contributed by atoms with Crippen LogP contribution in [-0.2, 0) is 28.7 Å². The minimum absolute atomic E-state index is 0.0804. The first-order valence-corrected chi connectivity index (χ1v) is 19.4. The van der Waals surface area contributed by atoms with E-state index in [0.717, 1.165) is 22.0 Å². The average Bonchev–Trinajstić information content (AvgIpc) is 3.95. The number of rotatable bonds is 4. The fourth-order valence-electron chi connectivity index (χ4n) is 9.21. The smallest absolute Gasteiger partial charge is 0.114 e. The van der Waals surface area contributed by atoms with Crippen LogP contribution in [0.3, 0.4) is 0 Å². The summed E-state index contributed by atoms with van der Waals surface area (Å²) in [6.45, 7) is 10.9. The molecule has 6 aromatic rings. The van der Waals surface area contributed by atoms with E-state index in [9.17, 15) is 0 Å². The summed E-state index contributed by atoms with van der Waals surface area (Å²) >= 11 is 8.05. The van der Waals surface area contributed by atoms with Crippen LogP contribution in [0.25, 0.3) is 11.1 Å². The van der Waals surface area contributed by atoms with E-state index in [0.29, 0.717) is 0 Å². The second-order valence-corrected chi connectivity index (χ2v) is 17.2. The number of halogens is 2. The third-order valence-corrected chi connectivity index (χ3v) is 13.4. The lowest BCUT2D eigenvalue weighted by atomic mass is 9.73. The Kier molecular flexibility index (Phi) is 6.91. The molecule has 1 aliphatic carbocycles. The number of para-hydroxylation sites is 4. The van der Waals surface area contributed by atoms with Gasteiger partial charge in [0.2, 0.25) is 0 Å². The molecule has 0 amide bonds. The minimum Gasteiger partial charge on any atom is -0.359 e. The monoisotopic (exact) mass is 792 g/mol. The van der Waals surface area contributed by atoms with Gasteiger partial charge in [0.1, 0.15) is 12.2 Å². The molecular formula is C46H38Br2N2O. The van der Waals surface area contributed by atoms with Crippen molar-refractivity contribution in [3.05, 3.63) is 175 Å². The molecule has 2 atom stereocenters. The van der Waals surface area contributed by atoms with Gasteiger partial charge in [0, 0.05) is 55.6 Å². The Hall–Kier alpha value is -4.16. The second kappa shape index (κ2) is 11.2. The van der Waals surface area contributed by atoms with Gasteiger partial charge in [-0.05, 0) is 104 Å². The van der Waals surface area contributed by atoms with Crippen molar-refractivity contribution in [1.82, 2.24) is 0 Å². The van der Waals surface area contributed by atoms with E-state index >= 15 is 0 Å². The molecule has 3 nitrogen and oxygen atoms in total. The second-order valence-electron chi connectivity index (χ2n) is 15.5. The molecule has 0 bridgehead atoms. The van der Waals surface area contributed by atoms with E-state index in [1.807, 2.05) is 0 Å². The molecule has 252 valence electrons. The molecule has 3 heterocycles. The molecule has 4 aliphatic rings. The Morgan fingerprint density at radius 3 is 1.14 bits per heavy atom. The largest absolute Gasteiger partial charge is 0.359 e. The van der Waals surface area contributed by atoms with Crippen molar-refractivity contribution < 1.29 is 4.74 Å². The maximum absolute atomic E-state index is 6.39. The summed E-state index contributed by atoms with van der Waals surface area (Å²) in [6, 6.07) is 45.1. The number of hydrogen-bond acceptors (Lipinski definition) is 3. The first-order chi connectivity index (χ1) is 24.6.